The van der Waals surface area contributed by atoms with E-state index in [2.05, 4.69) is 26.6 Å². The fourth-order valence-corrected chi connectivity index (χ4v) is 4.39. The summed E-state index contributed by atoms with van der Waals surface area (Å²) in [6, 6.07) is 0. The first-order valence-corrected chi connectivity index (χ1v) is 21.5. The first kappa shape index (κ1) is 48.2. The van der Waals surface area contributed by atoms with Gasteiger partial charge in [0.15, 0.2) is 8.32 Å². The van der Waals surface area contributed by atoms with Crippen molar-refractivity contribution < 1.29 is 66.1 Å². The molecule has 0 aromatic carbocycles. The number of ether oxygens (including phenoxy) is 12. The lowest BCUT2D eigenvalue weighted by Crippen LogP contribution is -2.27. The van der Waals surface area contributed by atoms with Crippen molar-refractivity contribution in [2.75, 3.05) is 159 Å². The van der Waals surface area contributed by atoms with E-state index in [4.69, 9.17) is 61.3 Å². The molecule has 0 aromatic rings. The third-order valence-electron chi connectivity index (χ3n) is 6.21. The fraction of sp³-hybridized carbons (Fsp3) is 0.971. The van der Waals surface area contributed by atoms with Gasteiger partial charge in [-0.2, -0.15) is 0 Å². The fourth-order valence-electron chi connectivity index (χ4n) is 3.69. The maximum Gasteiger partial charge on any atom is 0.305 e. The van der Waals surface area contributed by atoms with Crippen LogP contribution in [0.3, 0.4) is 0 Å². The molecule has 0 rings (SSSR count). The predicted molar refractivity (Wildman–Crippen MR) is 188 cm³/mol. The number of hydrogen-bond acceptors (Lipinski definition) is 14. The Morgan fingerprint density at radius 3 is 0.898 bits per heavy atom. The quantitative estimate of drug-likeness (QED) is 0.0515. The third-order valence-corrected chi connectivity index (χ3v) is 7.28. The first-order chi connectivity index (χ1) is 24.0. The highest BCUT2D eigenvalue weighted by Crippen LogP contribution is 2.03. The van der Waals surface area contributed by atoms with Gasteiger partial charge in [0.2, 0.25) is 0 Å². The molecule has 0 aliphatic heterocycles. The second-order valence-corrected chi connectivity index (χ2v) is 16.2. The van der Waals surface area contributed by atoms with Gasteiger partial charge in [-0.25, -0.2) is 0 Å². The summed E-state index contributed by atoms with van der Waals surface area (Å²) in [4.78, 5) is 11.5. The first-order valence-electron chi connectivity index (χ1n) is 18.1. The molecule has 0 atom stereocenters. The molecule has 14 nitrogen and oxygen atoms in total. The van der Waals surface area contributed by atoms with Crippen LogP contribution >= 0.6 is 0 Å². The number of hydrogen-bond donors (Lipinski definition) is 0. The van der Waals surface area contributed by atoms with Crippen LogP contribution in [0.5, 0.6) is 0 Å². The summed E-state index contributed by atoms with van der Waals surface area (Å²) >= 11 is 0. The second-order valence-electron chi connectivity index (χ2n) is 11.7. The van der Waals surface area contributed by atoms with Gasteiger partial charge in [-0.3, -0.25) is 4.79 Å². The van der Waals surface area contributed by atoms with Crippen molar-refractivity contribution in [3.8, 4) is 0 Å². The Morgan fingerprint density at radius 2 is 0.633 bits per heavy atom. The van der Waals surface area contributed by atoms with E-state index >= 15 is 0 Å². The standard InChI is InChI=1S/C34H70O14Si/c1-5-6-7-8-9-34(35)47-32-30-45-28-26-43-24-22-41-20-18-39-16-14-37-12-10-36-11-13-38-15-17-40-19-21-42-23-25-44-27-29-46-31-33-48-49(2,3)4/h5-33H2,1-4H3. The predicted octanol–water partition coefficient (Wildman–Crippen LogP) is 3.53. The summed E-state index contributed by atoms with van der Waals surface area (Å²) in [6.45, 7) is 20.7. The Balaban J connectivity index is 3.09. The number of rotatable bonds is 42. The molecule has 15 heteroatoms. The van der Waals surface area contributed by atoms with E-state index in [1.54, 1.807) is 0 Å². The molecule has 0 fully saturated rings. The van der Waals surface area contributed by atoms with Crippen LogP contribution in [0.25, 0.3) is 0 Å². The van der Waals surface area contributed by atoms with E-state index in [-0.39, 0.29) is 12.6 Å². The average Bonchev–Trinajstić information content (AvgIpc) is 3.07. The zero-order valence-corrected chi connectivity index (χ0v) is 32.2. The molecular formula is C34H70O14Si. The van der Waals surface area contributed by atoms with E-state index in [0.29, 0.717) is 158 Å². The second kappa shape index (κ2) is 40.0. The van der Waals surface area contributed by atoms with Gasteiger partial charge in [-0.1, -0.05) is 26.2 Å². The van der Waals surface area contributed by atoms with Crippen LogP contribution in [0.2, 0.25) is 19.6 Å². The van der Waals surface area contributed by atoms with E-state index < -0.39 is 8.32 Å². The third kappa shape index (κ3) is 45.2. The normalized spacial score (nSPS) is 11.8. The largest absolute Gasteiger partial charge is 0.463 e. The van der Waals surface area contributed by atoms with E-state index in [1.165, 1.54) is 0 Å². The molecule has 0 saturated heterocycles. The van der Waals surface area contributed by atoms with Gasteiger partial charge in [-0.15, -0.1) is 0 Å². The van der Waals surface area contributed by atoms with Gasteiger partial charge in [0.1, 0.15) is 6.61 Å². The Bertz CT molecular complexity index is 657. The molecule has 0 radical (unpaired) electrons. The van der Waals surface area contributed by atoms with Crippen LogP contribution < -0.4 is 0 Å². The minimum Gasteiger partial charge on any atom is -0.463 e. The average molecular weight is 731 g/mol. The maximum absolute atomic E-state index is 11.5. The summed E-state index contributed by atoms with van der Waals surface area (Å²) in [5, 5.41) is 0. The van der Waals surface area contributed by atoms with Gasteiger partial charge in [0, 0.05) is 6.42 Å². The molecule has 294 valence electrons. The van der Waals surface area contributed by atoms with Crippen LogP contribution in [-0.2, 0) is 66.1 Å². The highest BCUT2D eigenvalue weighted by molar-refractivity contribution is 6.69. The van der Waals surface area contributed by atoms with Crippen LogP contribution in [0.1, 0.15) is 39.0 Å². The number of esters is 1. The van der Waals surface area contributed by atoms with E-state index in [0.717, 1.165) is 25.7 Å². The van der Waals surface area contributed by atoms with Gasteiger partial charge in [-0.05, 0) is 26.1 Å². The van der Waals surface area contributed by atoms with Crippen molar-refractivity contribution in [2.45, 2.75) is 58.7 Å². The van der Waals surface area contributed by atoms with Crippen molar-refractivity contribution in [3.05, 3.63) is 0 Å². The minimum atomic E-state index is -1.45. The monoisotopic (exact) mass is 730 g/mol. The highest BCUT2D eigenvalue weighted by atomic mass is 28.4. The van der Waals surface area contributed by atoms with Crippen molar-refractivity contribution in [3.63, 3.8) is 0 Å². The zero-order chi connectivity index (χ0) is 35.8. The van der Waals surface area contributed by atoms with E-state index in [1.807, 2.05) is 0 Å². The Morgan fingerprint density at radius 1 is 0.367 bits per heavy atom. The van der Waals surface area contributed by atoms with Gasteiger partial charge in [0.25, 0.3) is 0 Å². The molecule has 0 aromatic heterocycles. The Hall–Kier alpha value is -0.793. The summed E-state index contributed by atoms with van der Waals surface area (Å²) in [6.07, 6.45) is 4.76. The molecule has 0 unspecified atom stereocenters. The smallest absolute Gasteiger partial charge is 0.305 e. The molecule has 0 aliphatic rings. The van der Waals surface area contributed by atoms with Gasteiger partial charge in [0.05, 0.1) is 152 Å². The molecule has 0 heterocycles. The number of unbranched alkanes of at least 4 members (excludes halogenated alkanes) is 3. The molecule has 0 spiro atoms. The molecule has 0 saturated carbocycles. The lowest BCUT2D eigenvalue weighted by atomic mass is 10.2. The Kier molecular flexibility index (Phi) is 39.3. The molecule has 0 bridgehead atoms. The van der Waals surface area contributed by atoms with Crippen molar-refractivity contribution in [1.82, 2.24) is 0 Å². The van der Waals surface area contributed by atoms with Crippen molar-refractivity contribution >= 4 is 14.3 Å². The van der Waals surface area contributed by atoms with Gasteiger partial charge < -0.3 is 61.3 Å². The molecule has 0 N–H and O–H groups in total. The maximum atomic E-state index is 11.5. The highest BCUT2D eigenvalue weighted by Gasteiger charge is 2.13. The molecular weight excluding hydrogens is 660 g/mol. The number of carbonyl (C=O) groups is 1. The topological polar surface area (TPSA) is 137 Å². The summed E-state index contributed by atoms with van der Waals surface area (Å²) < 4.78 is 71.0. The Labute approximate surface area is 297 Å². The lowest BCUT2D eigenvalue weighted by molar-refractivity contribution is -0.145. The van der Waals surface area contributed by atoms with Crippen molar-refractivity contribution in [1.29, 1.82) is 0 Å². The zero-order valence-electron chi connectivity index (χ0n) is 31.2. The SMILES string of the molecule is CCCCCCC(=O)OCCOCCOCCOCCOCCOCCOCCOCCOCCOCCOCCOCCO[Si](C)(C)C. The summed E-state index contributed by atoms with van der Waals surface area (Å²) in [5.41, 5.74) is 0. The molecule has 49 heavy (non-hydrogen) atoms. The van der Waals surface area contributed by atoms with Crippen LogP contribution in [0.15, 0.2) is 0 Å². The van der Waals surface area contributed by atoms with Gasteiger partial charge >= 0.3 is 5.97 Å². The number of carbonyl (C=O) groups excluding carboxylic acids is 1. The summed E-state index contributed by atoms with van der Waals surface area (Å²) in [7, 11) is -1.45. The van der Waals surface area contributed by atoms with Crippen LogP contribution in [0.4, 0.5) is 0 Å². The van der Waals surface area contributed by atoms with Crippen LogP contribution in [0, 0.1) is 0 Å². The van der Waals surface area contributed by atoms with E-state index in [9.17, 15) is 4.79 Å². The summed E-state index contributed by atoms with van der Waals surface area (Å²) in [5.74, 6) is -0.152. The molecule has 0 amide bonds. The lowest BCUT2D eigenvalue weighted by Gasteiger charge is -2.16. The molecule has 0 aliphatic carbocycles. The minimum absolute atomic E-state index is 0.152. The van der Waals surface area contributed by atoms with Crippen LogP contribution in [-0.4, -0.2) is 173 Å². The van der Waals surface area contributed by atoms with Crippen molar-refractivity contribution in [2.24, 2.45) is 0 Å².